The van der Waals surface area contributed by atoms with Crippen LogP contribution in [-0.4, -0.2) is 64.6 Å². The summed E-state index contributed by atoms with van der Waals surface area (Å²) < 4.78 is 6.08. The van der Waals surface area contributed by atoms with E-state index in [1.165, 1.54) is 11.3 Å². The third-order valence-electron chi connectivity index (χ3n) is 7.73. The van der Waals surface area contributed by atoms with E-state index in [0.717, 1.165) is 12.0 Å². The molecule has 2 aromatic rings. The van der Waals surface area contributed by atoms with Gasteiger partial charge in [-0.25, -0.2) is 4.98 Å². The normalized spacial score (nSPS) is 15.9. The minimum Gasteiger partial charge on any atom is -0.481 e. The average molecular weight is 589 g/mol. The van der Waals surface area contributed by atoms with E-state index in [-0.39, 0.29) is 41.4 Å². The molecule has 228 valence electrons. The summed E-state index contributed by atoms with van der Waals surface area (Å²) in [6.45, 7) is 12.1. The third-order valence-corrected chi connectivity index (χ3v) is 8.67. The van der Waals surface area contributed by atoms with Crippen molar-refractivity contribution in [2.45, 2.75) is 91.5 Å². The number of rotatable bonds is 17. The van der Waals surface area contributed by atoms with Gasteiger partial charge in [-0.2, -0.15) is 0 Å². The molecule has 6 atom stereocenters. The fourth-order valence-electron chi connectivity index (χ4n) is 4.85. The maximum Gasteiger partial charge on any atom is 0.306 e. The first kappa shape index (κ1) is 34.4. The molecule has 1 aromatic carbocycles. The number of nitrogens with zero attached hydrogens (tertiary/aromatic N) is 2. The van der Waals surface area contributed by atoms with Gasteiger partial charge < -0.3 is 25.8 Å². The zero-order valence-electron chi connectivity index (χ0n) is 25.5. The van der Waals surface area contributed by atoms with Crippen LogP contribution in [0, 0.1) is 17.8 Å². The molecule has 41 heavy (non-hydrogen) atoms. The summed E-state index contributed by atoms with van der Waals surface area (Å²) in [6.07, 6.45) is 1.74. The largest absolute Gasteiger partial charge is 0.481 e. The first-order valence-corrected chi connectivity index (χ1v) is 15.4. The van der Waals surface area contributed by atoms with Crippen molar-refractivity contribution in [3.63, 3.8) is 0 Å². The fraction of sp³-hybridized carbons (Fsp3) is 0.613. The molecule has 0 radical (unpaired) electrons. The van der Waals surface area contributed by atoms with E-state index in [4.69, 9.17) is 10.5 Å². The minimum absolute atomic E-state index is 0.0738. The Balaban J connectivity index is 2.21. The van der Waals surface area contributed by atoms with E-state index in [1.807, 2.05) is 51.1 Å². The molecule has 2 unspecified atom stereocenters. The van der Waals surface area contributed by atoms with Gasteiger partial charge >= 0.3 is 5.97 Å². The molecule has 10 heteroatoms. The number of carbonyl (C=O) groups excluding carboxylic acids is 2. The molecule has 0 aliphatic rings. The van der Waals surface area contributed by atoms with Crippen molar-refractivity contribution in [1.82, 2.24) is 15.2 Å². The van der Waals surface area contributed by atoms with Gasteiger partial charge in [0.25, 0.3) is 5.91 Å². The summed E-state index contributed by atoms with van der Waals surface area (Å²) in [5.41, 5.74) is 7.55. The molecule has 2 amide bonds. The Labute approximate surface area is 248 Å². The molecule has 4 N–H and O–H groups in total. The van der Waals surface area contributed by atoms with Crippen LogP contribution in [0.15, 0.2) is 35.7 Å². The number of nitrogens with two attached hydrogens (primary N) is 1. The van der Waals surface area contributed by atoms with Crippen LogP contribution in [0.1, 0.15) is 88.0 Å². The maximum atomic E-state index is 13.3. The van der Waals surface area contributed by atoms with Gasteiger partial charge in [0.05, 0.1) is 12.0 Å². The highest BCUT2D eigenvalue weighted by atomic mass is 32.1. The molecule has 1 heterocycles. The highest BCUT2D eigenvalue weighted by Crippen LogP contribution is 2.30. The smallest absolute Gasteiger partial charge is 0.306 e. The predicted octanol–water partition coefficient (Wildman–Crippen LogP) is 4.92. The summed E-state index contributed by atoms with van der Waals surface area (Å²) in [6, 6.07) is 8.60. The van der Waals surface area contributed by atoms with Gasteiger partial charge in [-0.1, -0.05) is 71.4 Å². The molecule has 9 nitrogen and oxygen atoms in total. The predicted molar refractivity (Wildman–Crippen MR) is 163 cm³/mol. The van der Waals surface area contributed by atoms with E-state index in [9.17, 15) is 19.5 Å². The average Bonchev–Trinajstić information content (AvgIpc) is 3.44. The van der Waals surface area contributed by atoms with Crippen LogP contribution in [-0.2, 0) is 20.7 Å². The van der Waals surface area contributed by atoms with Gasteiger partial charge in [0, 0.05) is 37.5 Å². The second-order valence-corrected chi connectivity index (χ2v) is 12.1. The SMILES string of the molecule is CCO[C@H](C[C@H](C(C)C)N(C)C(=O)[C@@H](N)[C@@H](C)CC)c1nc(C(=O)NC(Cc2ccccc2)CC(C)C(=O)O)cs1. The zero-order chi connectivity index (χ0) is 30.7. The molecule has 0 spiro atoms. The van der Waals surface area contributed by atoms with E-state index < -0.39 is 24.0 Å². The lowest BCUT2D eigenvalue weighted by Gasteiger charge is -2.36. The van der Waals surface area contributed by atoms with E-state index >= 15 is 0 Å². The van der Waals surface area contributed by atoms with Crippen molar-refractivity contribution in [2.24, 2.45) is 23.5 Å². The van der Waals surface area contributed by atoms with Gasteiger partial charge in [0.15, 0.2) is 0 Å². The van der Waals surface area contributed by atoms with Crippen LogP contribution < -0.4 is 11.1 Å². The van der Waals surface area contributed by atoms with Crippen LogP contribution in [0.4, 0.5) is 0 Å². The molecule has 0 fully saturated rings. The van der Waals surface area contributed by atoms with Crippen LogP contribution in [0.25, 0.3) is 0 Å². The van der Waals surface area contributed by atoms with Crippen LogP contribution in [0.5, 0.6) is 0 Å². The number of likely N-dealkylation sites (N-methyl/N-ethyl adjacent to an activating group) is 1. The van der Waals surface area contributed by atoms with Gasteiger partial charge in [0.1, 0.15) is 16.8 Å². The topological polar surface area (TPSA) is 135 Å². The van der Waals surface area contributed by atoms with E-state index in [1.54, 1.807) is 24.3 Å². The lowest BCUT2D eigenvalue weighted by molar-refractivity contribution is -0.141. The van der Waals surface area contributed by atoms with Crippen molar-refractivity contribution >= 4 is 29.1 Å². The quantitative estimate of drug-likeness (QED) is 0.239. The molecule has 2 rings (SSSR count). The number of carbonyl (C=O) groups is 3. The van der Waals surface area contributed by atoms with Crippen LogP contribution in [0.3, 0.4) is 0 Å². The van der Waals surface area contributed by atoms with Gasteiger partial charge in [-0.15, -0.1) is 11.3 Å². The molecule has 0 aliphatic carbocycles. The number of thiazole rings is 1. The van der Waals surface area contributed by atoms with Gasteiger partial charge in [-0.05, 0) is 37.2 Å². The number of aliphatic carboxylic acids is 1. The molecule has 0 saturated heterocycles. The summed E-state index contributed by atoms with van der Waals surface area (Å²) >= 11 is 1.35. The molecule has 0 aliphatic heterocycles. The summed E-state index contributed by atoms with van der Waals surface area (Å²) in [5.74, 6) is -1.74. The number of nitrogens with one attached hydrogen (secondary N) is 1. The van der Waals surface area contributed by atoms with E-state index in [2.05, 4.69) is 24.1 Å². The third kappa shape index (κ3) is 10.2. The number of benzene rings is 1. The Bertz CT molecular complexity index is 1110. The van der Waals surface area contributed by atoms with Gasteiger partial charge in [-0.3, -0.25) is 14.4 Å². The fourth-order valence-corrected chi connectivity index (χ4v) is 5.71. The number of carboxylic acids is 1. The lowest BCUT2D eigenvalue weighted by Crippen LogP contribution is -2.51. The molecular weight excluding hydrogens is 540 g/mol. The molecule has 0 saturated carbocycles. The number of hydrogen-bond acceptors (Lipinski definition) is 7. The monoisotopic (exact) mass is 588 g/mol. The van der Waals surface area contributed by atoms with Crippen molar-refractivity contribution in [2.75, 3.05) is 13.7 Å². The Hall–Kier alpha value is -2.82. The molecular formula is C31H48N4O5S. The summed E-state index contributed by atoms with van der Waals surface area (Å²) in [5, 5.41) is 14.8. The van der Waals surface area contributed by atoms with Crippen molar-refractivity contribution in [3.8, 4) is 0 Å². The highest BCUT2D eigenvalue weighted by molar-refractivity contribution is 7.09. The van der Waals surface area contributed by atoms with Crippen molar-refractivity contribution < 1.29 is 24.2 Å². The van der Waals surface area contributed by atoms with Crippen molar-refractivity contribution in [1.29, 1.82) is 0 Å². The number of amides is 2. The first-order chi connectivity index (χ1) is 19.4. The Morgan fingerprint density at radius 1 is 1.10 bits per heavy atom. The van der Waals surface area contributed by atoms with E-state index in [0.29, 0.717) is 30.9 Å². The summed E-state index contributed by atoms with van der Waals surface area (Å²) in [7, 11) is 1.80. The minimum atomic E-state index is -0.902. The number of carboxylic acid groups (broad SMARTS) is 1. The lowest BCUT2D eigenvalue weighted by atomic mass is 9.93. The molecule has 0 bridgehead atoms. The maximum absolute atomic E-state index is 13.3. The first-order valence-electron chi connectivity index (χ1n) is 14.6. The number of ether oxygens (including phenoxy) is 1. The Morgan fingerprint density at radius 3 is 2.32 bits per heavy atom. The standard InChI is InChI=1S/C31H48N4O5S/c1-8-20(5)27(32)30(37)35(7)25(19(3)4)17-26(40-9-2)29-34-24(18-41-29)28(36)33-23(15-21(6)31(38)39)16-22-13-11-10-12-14-22/h10-14,18-21,23,25-27H,8-9,15-17,32H2,1-7H3,(H,33,36)(H,38,39)/t20-,21?,23?,25+,26+,27-/m0/s1. The van der Waals surface area contributed by atoms with Crippen molar-refractivity contribution in [3.05, 3.63) is 52.0 Å². The second-order valence-electron chi connectivity index (χ2n) is 11.3. The van der Waals surface area contributed by atoms with Gasteiger partial charge in [0.2, 0.25) is 5.91 Å². The number of aromatic nitrogens is 1. The second kappa shape index (κ2) is 16.6. The summed E-state index contributed by atoms with van der Waals surface area (Å²) in [4.78, 5) is 44.3. The zero-order valence-corrected chi connectivity index (χ0v) is 26.3. The number of hydrogen-bond donors (Lipinski definition) is 3. The highest BCUT2D eigenvalue weighted by Gasteiger charge is 2.32. The Kier molecular flexibility index (Phi) is 13.9. The van der Waals surface area contributed by atoms with Crippen LogP contribution in [0.2, 0.25) is 0 Å². The molecule has 1 aromatic heterocycles. The Morgan fingerprint density at radius 2 is 1.76 bits per heavy atom. The van der Waals surface area contributed by atoms with Crippen LogP contribution >= 0.6 is 11.3 Å².